The number of carbonyl (C=O) groups is 2. The van der Waals surface area contributed by atoms with E-state index in [0.29, 0.717) is 18.7 Å². The normalized spacial score (nSPS) is 18.0. The maximum atomic E-state index is 12.4. The van der Waals surface area contributed by atoms with E-state index in [1.807, 2.05) is 6.07 Å². The van der Waals surface area contributed by atoms with Gasteiger partial charge in [0.15, 0.2) is 0 Å². The van der Waals surface area contributed by atoms with Crippen molar-refractivity contribution >= 4 is 11.9 Å². The van der Waals surface area contributed by atoms with Crippen LogP contribution in [-0.2, 0) is 16.0 Å². The summed E-state index contributed by atoms with van der Waals surface area (Å²) >= 11 is 0. The fraction of sp³-hybridized carbons (Fsp3) is 0.400. The van der Waals surface area contributed by atoms with Crippen molar-refractivity contribution in [1.29, 1.82) is 5.26 Å². The number of nitrogens with zero attached hydrogens (tertiary/aromatic N) is 2. The summed E-state index contributed by atoms with van der Waals surface area (Å²) in [5, 5.41) is 17.5. The van der Waals surface area contributed by atoms with E-state index in [4.69, 9.17) is 15.1 Å². The molecule has 1 aliphatic heterocycles. The molecule has 6 nitrogen and oxygen atoms in total. The summed E-state index contributed by atoms with van der Waals surface area (Å²) in [6.07, 6.45) is -0.327. The lowest BCUT2D eigenvalue weighted by Crippen LogP contribution is -2.46. The molecule has 1 aliphatic rings. The van der Waals surface area contributed by atoms with Crippen LogP contribution in [0.15, 0.2) is 24.3 Å². The fourth-order valence-electron chi connectivity index (χ4n) is 2.31. The first-order valence-corrected chi connectivity index (χ1v) is 6.68. The Bertz CT molecular complexity index is 579. The predicted octanol–water partition coefficient (Wildman–Crippen LogP) is 1.07. The Morgan fingerprint density at radius 3 is 3.00 bits per heavy atom. The zero-order valence-electron chi connectivity index (χ0n) is 11.5. The van der Waals surface area contributed by atoms with Crippen molar-refractivity contribution in [3.8, 4) is 6.07 Å². The quantitative estimate of drug-likeness (QED) is 0.894. The molecule has 0 aromatic heterocycles. The lowest BCUT2D eigenvalue weighted by Gasteiger charge is -2.32. The highest BCUT2D eigenvalue weighted by molar-refractivity contribution is 5.94. The first kappa shape index (κ1) is 15.0. The van der Waals surface area contributed by atoms with Crippen LogP contribution in [0.3, 0.4) is 0 Å². The van der Waals surface area contributed by atoms with Crippen molar-refractivity contribution in [1.82, 2.24) is 4.90 Å². The van der Waals surface area contributed by atoms with Crippen LogP contribution >= 0.6 is 0 Å². The van der Waals surface area contributed by atoms with Gasteiger partial charge in [-0.15, -0.1) is 0 Å². The molecule has 0 unspecified atom stereocenters. The third kappa shape index (κ3) is 4.04. The minimum absolute atomic E-state index is 0.113. The molecule has 1 N–H and O–H groups in total. The van der Waals surface area contributed by atoms with E-state index < -0.39 is 12.1 Å². The molecule has 0 spiro atoms. The number of rotatable bonds is 4. The van der Waals surface area contributed by atoms with Gasteiger partial charge in [0.25, 0.3) is 5.91 Å². The van der Waals surface area contributed by atoms with Crippen LogP contribution in [0.2, 0.25) is 0 Å². The molecule has 0 radical (unpaired) electrons. The van der Waals surface area contributed by atoms with Crippen molar-refractivity contribution in [2.75, 3.05) is 19.7 Å². The molecule has 0 aliphatic carbocycles. The van der Waals surface area contributed by atoms with Gasteiger partial charge in [-0.25, -0.2) is 0 Å². The summed E-state index contributed by atoms with van der Waals surface area (Å²) in [4.78, 5) is 24.7. The van der Waals surface area contributed by atoms with Gasteiger partial charge in [-0.1, -0.05) is 12.1 Å². The SMILES string of the molecule is N#CCc1cccc(C(=O)N2CCO[C@H](CC(=O)O)C2)c1. The molecular formula is C15H16N2O4. The third-order valence-corrected chi connectivity index (χ3v) is 3.29. The number of carboxylic acids is 1. The number of hydrogen-bond acceptors (Lipinski definition) is 4. The van der Waals surface area contributed by atoms with Gasteiger partial charge in [-0.3, -0.25) is 9.59 Å². The number of morpholine rings is 1. The maximum Gasteiger partial charge on any atom is 0.306 e. The highest BCUT2D eigenvalue weighted by Gasteiger charge is 2.26. The van der Waals surface area contributed by atoms with Crippen molar-refractivity contribution in [2.24, 2.45) is 0 Å². The van der Waals surface area contributed by atoms with Crippen molar-refractivity contribution in [3.05, 3.63) is 35.4 Å². The summed E-state index contributed by atoms with van der Waals surface area (Å²) in [7, 11) is 0. The van der Waals surface area contributed by atoms with Crippen LogP contribution in [0.1, 0.15) is 22.3 Å². The largest absolute Gasteiger partial charge is 0.481 e. The average Bonchev–Trinajstić information content (AvgIpc) is 2.47. The van der Waals surface area contributed by atoms with Gasteiger partial charge in [0.05, 0.1) is 31.6 Å². The minimum atomic E-state index is -0.940. The number of aliphatic carboxylic acids is 1. The molecule has 110 valence electrons. The van der Waals surface area contributed by atoms with Gasteiger partial charge in [0.2, 0.25) is 0 Å². The summed E-state index contributed by atoms with van der Waals surface area (Å²) in [5.74, 6) is -1.10. The Hall–Kier alpha value is -2.39. The van der Waals surface area contributed by atoms with Crippen molar-refractivity contribution in [3.63, 3.8) is 0 Å². The maximum absolute atomic E-state index is 12.4. The molecule has 1 fully saturated rings. The van der Waals surface area contributed by atoms with Crippen LogP contribution in [0.25, 0.3) is 0 Å². The highest BCUT2D eigenvalue weighted by Crippen LogP contribution is 2.14. The molecule has 1 amide bonds. The van der Waals surface area contributed by atoms with E-state index in [9.17, 15) is 9.59 Å². The van der Waals surface area contributed by atoms with E-state index in [1.165, 1.54) is 0 Å². The number of amides is 1. The molecule has 6 heteroatoms. The molecule has 1 atom stereocenters. The van der Waals surface area contributed by atoms with E-state index in [-0.39, 0.29) is 25.3 Å². The molecular weight excluding hydrogens is 272 g/mol. The second-order valence-electron chi connectivity index (χ2n) is 4.88. The van der Waals surface area contributed by atoms with Crippen LogP contribution in [0.4, 0.5) is 0 Å². The van der Waals surface area contributed by atoms with E-state index in [0.717, 1.165) is 5.56 Å². The predicted molar refractivity (Wildman–Crippen MR) is 73.7 cm³/mol. The van der Waals surface area contributed by atoms with Gasteiger partial charge in [-0.05, 0) is 17.7 Å². The molecule has 1 heterocycles. The monoisotopic (exact) mass is 288 g/mol. The number of carboxylic acid groups (broad SMARTS) is 1. The number of nitriles is 1. The summed E-state index contributed by atoms with van der Waals surface area (Å²) < 4.78 is 5.35. The molecule has 21 heavy (non-hydrogen) atoms. The molecule has 0 saturated carbocycles. The lowest BCUT2D eigenvalue weighted by molar-refractivity contribution is -0.141. The fourth-order valence-corrected chi connectivity index (χ4v) is 2.31. The molecule has 1 saturated heterocycles. The second-order valence-corrected chi connectivity index (χ2v) is 4.88. The molecule has 1 aromatic rings. The van der Waals surface area contributed by atoms with Gasteiger partial charge >= 0.3 is 5.97 Å². The molecule has 0 bridgehead atoms. The molecule has 1 aromatic carbocycles. The Balaban J connectivity index is 2.07. The lowest BCUT2D eigenvalue weighted by atomic mass is 10.1. The first-order chi connectivity index (χ1) is 10.1. The van der Waals surface area contributed by atoms with Crippen molar-refractivity contribution < 1.29 is 19.4 Å². The van der Waals surface area contributed by atoms with Gasteiger partial charge in [0, 0.05) is 18.7 Å². The number of benzene rings is 1. The van der Waals surface area contributed by atoms with Crippen LogP contribution in [-0.4, -0.2) is 47.7 Å². The highest BCUT2D eigenvalue weighted by atomic mass is 16.5. The Morgan fingerprint density at radius 1 is 1.48 bits per heavy atom. The number of hydrogen-bond donors (Lipinski definition) is 1. The molecule has 2 rings (SSSR count). The van der Waals surface area contributed by atoms with Crippen LogP contribution < -0.4 is 0 Å². The minimum Gasteiger partial charge on any atom is -0.481 e. The van der Waals surface area contributed by atoms with Crippen LogP contribution in [0.5, 0.6) is 0 Å². The average molecular weight is 288 g/mol. The summed E-state index contributed by atoms with van der Waals surface area (Å²) in [5.41, 5.74) is 1.30. The Morgan fingerprint density at radius 2 is 2.29 bits per heavy atom. The zero-order valence-corrected chi connectivity index (χ0v) is 11.5. The van der Waals surface area contributed by atoms with E-state index >= 15 is 0 Å². The van der Waals surface area contributed by atoms with Crippen LogP contribution in [0, 0.1) is 11.3 Å². The van der Waals surface area contributed by atoms with E-state index in [2.05, 4.69) is 0 Å². The van der Waals surface area contributed by atoms with Crippen molar-refractivity contribution in [2.45, 2.75) is 18.9 Å². The standard InChI is InChI=1S/C15H16N2O4/c16-5-4-11-2-1-3-12(8-11)15(20)17-6-7-21-13(10-17)9-14(18)19/h1-3,8,13H,4,6-7,9-10H2,(H,18,19)/t13-/m1/s1. The third-order valence-electron chi connectivity index (χ3n) is 3.29. The van der Waals surface area contributed by atoms with Gasteiger partial charge in [-0.2, -0.15) is 5.26 Å². The number of ether oxygens (including phenoxy) is 1. The second kappa shape index (κ2) is 6.86. The zero-order chi connectivity index (χ0) is 15.2. The summed E-state index contributed by atoms with van der Waals surface area (Å²) in [6.45, 7) is 1.05. The first-order valence-electron chi connectivity index (χ1n) is 6.68. The summed E-state index contributed by atoms with van der Waals surface area (Å²) in [6, 6.07) is 8.99. The Labute approximate surface area is 122 Å². The Kier molecular flexibility index (Phi) is 4.90. The number of carbonyl (C=O) groups excluding carboxylic acids is 1. The van der Waals surface area contributed by atoms with Gasteiger partial charge < -0.3 is 14.7 Å². The van der Waals surface area contributed by atoms with E-state index in [1.54, 1.807) is 29.2 Å². The topological polar surface area (TPSA) is 90.6 Å². The van der Waals surface area contributed by atoms with Gasteiger partial charge in [0.1, 0.15) is 0 Å². The smallest absolute Gasteiger partial charge is 0.306 e.